The predicted octanol–water partition coefficient (Wildman–Crippen LogP) is 4.57. The molecule has 0 fully saturated rings. The second-order valence-corrected chi connectivity index (χ2v) is 6.96. The van der Waals surface area contributed by atoms with Crippen LogP contribution in [-0.4, -0.2) is 23.1 Å². The smallest absolute Gasteiger partial charge is 0.338 e. The molecule has 0 saturated carbocycles. The molecule has 0 unspecified atom stereocenters. The van der Waals surface area contributed by atoms with Gasteiger partial charge in [0.2, 0.25) is 0 Å². The molecule has 0 saturated heterocycles. The number of ether oxygens (including phenoxy) is 1. The van der Waals surface area contributed by atoms with Gasteiger partial charge in [-0.05, 0) is 41.5 Å². The molecular formula is C22H19N3O5. The normalized spacial score (nSPS) is 12.4. The van der Waals surface area contributed by atoms with Crippen molar-refractivity contribution in [2.45, 2.75) is 13.1 Å². The van der Waals surface area contributed by atoms with E-state index in [1.54, 1.807) is 7.11 Å². The third-order valence-electron chi connectivity index (χ3n) is 5.07. The van der Waals surface area contributed by atoms with Crippen LogP contribution < -0.4 is 15.0 Å². The van der Waals surface area contributed by atoms with Crippen LogP contribution in [-0.2, 0) is 13.1 Å². The van der Waals surface area contributed by atoms with E-state index in [2.05, 4.69) is 10.2 Å². The van der Waals surface area contributed by atoms with Crippen LogP contribution in [0.4, 0.5) is 22.7 Å². The van der Waals surface area contributed by atoms with Crippen LogP contribution in [0.1, 0.15) is 21.5 Å². The lowest BCUT2D eigenvalue weighted by molar-refractivity contribution is -0.384. The highest BCUT2D eigenvalue weighted by atomic mass is 16.6. The first-order valence-corrected chi connectivity index (χ1v) is 9.24. The molecule has 30 heavy (non-hydrogen) atoms. The number of hydrogen-bond acceptors (Lipinski definition) is 6. The lowest BCUT2D eigenvalue weighted by atomic mass is 10.1. The lowest BCUT2D eigenvalue weighted by Gasteiger charge is -2.18. The minimum absolute atomic E-state index is 0.150. The van der Waals surface area contributed by atoms with E-state index in [0.29, 0.717) is 12.2 Å². The molecule has 4 rings (SSSR count). The fourth-order valence-corrected chi connectivity index (χ4v) is 3.55. The summed E-state index contributed by atoms with van der Waals surface area (Å²) in [5, 5.41) is 23.5. The molecule has 1 aliphatic rings. The monoisotopic (exact) mass is 405 g/mol. The predicted molar refractivity (Wildman–Crippen MR) is 113 cm³/mol. The Balaban J connectivity index is 1.57. The van der Waals surface area contributed by atoms with Gasteiger partial charge in [-0.1, -0.05) is 12.1 Å². The third-order valence-corrected chi connectivity index (χ3v) is 5.07. The molecule has 3 aromatic carbocycles. The molecule has 0 bridgehead atoms. The van der Waals surface area contributed by atoms with E-state index in [9.17, 15) is 20.0 Å². The Kier molecular flexibility index (Phi) is 4.97. The maximum absolute atomic E-state index is 11.5. The summed E-state index contributed by atoms with van der Waals surface area (Å²) in [5.74, 6) is -0.434. The number of nitrogens with zero attached hydrogens (tertiary/aromatic N) is 2. The van der Waals surface area contributed by atoms with Crippen LogP contribution >= 0.6 is 0 Å². The topological polar surface area (TPSA) is 105 Å². The molecule has 0 atom stereocenters. The number of carboxylic acid groups (broad SMARTS) is 1. The van der Waals surface area contributed by atoms with Crippen molar-refractivity contribution in [3.63, 3.8) is 0 Å². The molecule has 3 aromatic rings. The van der Waals surface area contributed by atoms with Gasteiger partial charge in [-0.25, -0.2) is 4.79 Å². The van der Waals surface area contributed by atoms with Gasteiger partial charge in [-0.2, -0.15) is 0 Å². The molecule has 8 heteroatoms. The minimum atomic E-state index is -1.23. The summed E-state index contributed by atoms with van der Waals surface area (Å²) >= 11 is 0. The number of fused-ring (bicyclic) bond motifs is 1. The van der Waals surface area contributed by atoms with Gasteiger partial charge in [0.15, 0.2) is 0 Å². The van der Waals surface area contributed by atoms with Gasteiger partial charge in [0.25, 0.3) is 5.69 Å². The van der Waals surface area contributed by atoms with E-state index in [1.165, 1.54) is 17.7 Å². The van der Waals surface area contributed by atoms with Crippen LogP contribution in [0.5, 0.6) is 5.75 Å². The van der Waals surface area contributed by atoms with Crippen molar-refractivity contribution in [2.75, 3.05) is 17.3 Å². The Morgan fingerprint density at radius 3 is 2.63 bits per heavy atom. The van der Waals surface area contributed by atoms with Crippen molar-refractivity contribution in [1.29, 1.82) is 0 Å². The number of non-ortho nitro benzene ring substituents is 1. The number of carbonyl (C=O) groups is 1. The quantitative estimate of drug-likeness (QED) is 0.457. The van der Waals surface area contributed by atoms with E-state index >= 15 is 0 Å². The largest absolute Gasteiger partial charge is 0.497 e. The number of anilines is 3. The van der Waals surface area contributed by atoms with E-state index < -0.39 is 10.9 Å². The second-order valence-electron chi connectivity index (χ2n) is 6.96. The number of carboxylic acids is 1. The number of rotatable bonds is 6. The number of nitro groups is 1. The van der Waals surface area contributed by atoms with Crippen LogP contribution in [0.2, 0.25) is 0 Å². The Labute approximate surface area is 172 Å². The molecule has 2 N–H and O–H groups in total. The maximum Gasteiger partial charge on any atom is 0.338 e. The molecule has 8 nitrogen and oxygen atoms in total. The third kappa shape index (κ3) is 3.75. The molecule has 0 radical (unpaired) electrons. The zero-order valence-electron chi connectivity index (χ0n) is 16.2. The van der Waals surface area contributed by atoms with Gasteiger partial charge in [-0.3, -0.25) is 10.1 Å². The van der Waals surface area contributed by atoms with Crippen LogP contribution in [0, 0.1) is 10.1 Å². The zero-order chi connectivity index (χ0) is 21.3. The SMILES string of the molecule is COc1cccc(N2Cc3ccc(Nc4ccc([N+](=O)[O-])cc4C(=O)O)cc3C2)c1. The average Bonchev–Trinajstić information content (AvgIpc) is 3.17. The molecule has 0 amide bonds. The van der Waals surface area contributed by atoms with Gasteiger partial charge in [0.1, 0.15) is 5.75 Å². The van der Waals surface area contributed by atoms with Gasteiger partial charge in [0.05, 0.1) is 23.3 Å². The first-order valence-electron chi connectivity index (χ1n) is 9.24. The van der Waals surface area contributed by atoms with Crippen molar-refractivity contribution in [3.8, 4) is 5.75 Å². The highest BCUT2D eigenvalue weighted by Gasteiger charge is 2.21. The molecular weight excluding hydrogens is 386 g/mol. The summed E-state index contributed by atoms with van der Waals surface area (Å²) < 4.78 is 5.30. The molecule has 152 valence electrons. The van der Waals surface area contributed by atoms with E-state index in [1.807, 2.05) is 42.5 Å². The number of nitro benzene ring substituents is 1. The van der Waals surface area contributed by atoms with Crippen molar-refractivity contribution in [2.24, 2.45) is 0 Å². The molecule has 0 aromatic heterocycles. The number of benzene rings is 3. The summed E-state index contributed by atoms with van der Waals surface area (Å²) in [7, 11) is 1.64. The van der Waals surface area contributed by atoms with Crippen molar-refractivity contribution in [1.82, 2.24) is 0 Å². The summed E-state index contributed by atoms with van der Waals surface area (Å²) in [6.45, 7) is 1.48. The highest BCUT2D eigenvalue weighted by molar-refractivity contribution is 5.96. The van der Waals surface area contributed by atoms with Crippen LogP contribution in [0.25, 0.3) is 0 Å². The maximum atomic E-state index is 11.5. The van der Waals surface area contributed by atoms with E-state index in [-0.39, 0.29) is 11.3 Å². The standard InChI is InChI=1S/C22H19N3O5/c1-30-19-4-2-3-17(10-19)24-12-14-5-6-16(9-15(14)13-24)23-21-8-7-18(25(28)29)11-20(21)22(26)27/h2-11,23H,12-13H2,1H3,(H,26,27). The highest BCUT2D eigenvalue weighted by Crippen LogP contribution is 2.33. The first-order chi connectivity index (χ1) is 14.4. The number of aromatic carboxylic acids is 1. The fraction of sp³-hybridized carbons (Fsp3) is 0.136. The second kappa shape index (κ2) is 7.75. The van der Waals surface area contributed by atoms with Gasteiger partial charge >= 0.3 is 5.97 Å². The Morgan fingerprint density at radius 2 is 1.90 bits per heavy atom. The number of hydrogen-bond donors (Lipinski definition) is 2. The van der Waals surface area contributed by atoms with Crippen molar-refractivity contribution < 1.29 is 19.6 Å². The average molecular weight is 405 g/mol. The lowest BCUT2D eigenvalue weighted by Crippen LogP contribution is -2.14. The van der Waals surface area contributed by atoms with Crippen LogP contribution in [0.3, 0.4) is 0 Å². The van der Waals surface area contributed by atoms with Crippen LogP contribution in [0.15, 0.2) is 60.7 Å². The summed E-state index contributed by atoms with van der Waals surface area (Å²) in [5.41, 5.74) is 3.98. The van der Waals surface area contributed by atoms with Crippen molar-refractivity contribution >= 4 is 28.7 Å². The van der Waals surface area contributed by atoms with Crippen molar-refractivity contribution in [3.05, 3.63) is 87.5 Å². The van der Waals surface area contributed by atoms with Gasteiger partial charge in [-0.15, -0.1) is 0 Å². The van der Waals surface area contributed by atoms with Gasteiger partial charge < -0.3 is 20.1 Å². The summed E-state index contributed by atoms with van der Waals surface area (Å²) in [6, 6.07) is 17.5. The van der Waals surface area contributed by atoms with E-state index in [0.717, 1.165) is 35.3 Å². The van der Waals surface area contributed by atoms with Gasteiger partial charge in [0, 0.05) is 42.7 Å². The van der Waals surface area contributed by atoms with E-state index in [4.69, 9.17) is 4.74 Å². The molecule has 0 aliphatic carbocycles. The Bertz CT molecular complexity index is 1150. The number of nitrogens with one attached hydrogen (secondary N) is 1. The zero-order valence-corrected chi connectivity index (χ0v) is 16.2. The summed E-state index contributed by atoms with van der Waals surface area (Å²) in [6.07, 6.45) is 0. The minimum Gasteiger partial charge on any atom is -0.497 e. The molecule has 1 heterocycles. The first kappa shape index (κ1) is 19.3. The summed E-state index contributed by atoms with van der Waals surface area (Å²) in [4.78, 5) is 24.1. The number of methoxy groups -OCH3 is 1. The molecule has 1 aliphatic heterocycles. The Hall–Kier alpha value is -4.07. The molecule has 0 spiro atoms. The fourth-order valence-electron chi connectivity index (χ4n) is 3.55. The Morgan fingerprint density at radius 1 is 1.10 bits per heavy atom.